The quantitative estimate of drug-likeness (QED) is 0.679. The molecule has 0 heterocycles. The fourth-order valence-corrected chi connectivity index (χ4v) is 2.71. The standard InChI is InChI=1S/C12H15BrN2O2/c1-8-3-2-4-11(8)14-9-5-6-10(13)12(7-9)15(16)17/h5-8,11,14H,2-4H2,1H3. The minimum absolute atomic E-state index is 0.112. The third-order valence-corrected chi connectivity index (χ3v) is 4.03. The van der Waals surface area contributed by atoms with E-state index in [1.54, 1.807) is 12.1 Å². The molecule has 0 aromatic heterocycles. The number of rotatable bonds is 3. The van der Waals surface area contributed by atoms with Crippen molar-refractivity contribution in [3.63, 3.8) is 0 Å². The summed E-state index contributed by atoms with van der Waals surface area (Å²) in [6, 6.07) is 5.63. The van der Waals surface area contributed by atoms with Crippen LogP contribution in [0.25, 0.3) is 0 Å². The van der Waals surface area contributed by atoms with Gasteiger partial charge in [-0.1, -0.05) is 13.3 Å². The Hall–Kier alpha value is -1.10. The van der Waals surface area contributed by atoms with E-state index >= 15 is 0 Å². The molecule has 1 fully saturated rings. The van der Waals surface area contributed by atoms with Gasteiger partial charge in [0, 0.05) is 17.8 Å². The van der Waals surface area contributed by atoms with Gasteiger partial charge in [0.05, 0.1) is 9.40 Å². The highest BCUT2D eigenvalue weighted by atomic mass is 79.9. The van der Waals surface area contributed by atoms with Gasteiger partial charge in [-0.3, -0.25) is 10.1 Å². The molecule has 17 heavy (non-hydrogen) atoms. The molecule has 5 heteroatoms. The normalized spacial score (nSPS) is 23.6. The molecule has 1 aliphatic rings. The Morgan fingerprint density at radius 1 is 1.47 bits per heavy atom. The smallest absolute Gasteiger partial charge is 0.285 e. The Morgan fingerprint density at radius 2 is 2.24 bits per heavy atom. The van der Waals surface area contributed by atoms with Crippen LogP contribution < -0.4 is 5.32 Å². The van der Waals surface area contributed by atoms with Crippen LogP contribution in [-0.4, -0.2) is 11.0 Å². The van der Waals surface area contributed by atoms with Crippen LogP contribution >= 0.6 is 15.9 Å². The predicted molar refractivity (Wildman–Crippen MR) is 71.2 cm³/mol. The zero-order chi connectivity index (χ0) is 12.4. The van der Waals surface area contributed by atoms with Crippen molar-refractivity contribution in [2.45, 2.75) is 32.2 Å². The lowest BCUT2D eigenvalue weighted by atomic mass is 10.1. The Kier molecular flexibility index (Phi) is 3.66. The Labute approximate surface area is 109 Å². The van der Waals surface area contributed by atoms with Crippen molar-refractivity contribution in [1.29, 1.82) is 0 Å². The first-order valence-electron chi connectivity index (χ1n) is 5.78. The van der Waals surface area contributed by atoms with Crippen LogP contribution in [0.4, 0.5) is 11.4 Å². The molecule has 0 aliphatic heterocycles. The van der Waals surface area contributed by atoms with Crippen LogP contribution in [-0.2, 0) is 0 Å². The number of benzene rings is 1. The largest absolute Gasteiger partial charge is 0.382 e. The number of halogens is 1. The SMILES string of the molecule is CC1CCCC1Nc1ccc(Br)c([N+](=O)[O-])c1. The molecule has 1 aromatic carbocycles. The molecule has 4 nitrogen and oxygen atoms in total. The van der Waals surface area contributed by atoms with Crippen LogP contribution in [0.3, 0.4) is 0 Å². The summed E-state index contributed by atoms with van der Waals surface area (Å²) in [6.45, 7) is 2.22. The zero-order valence-electron chi connectivity index (χ0n) is 9.65. The fraction of sp³-hybridized carbons (Fsp3) is 0.500. The first kappa shape index (κ1) is 12.4. The second-order valence-electron chi connectivity index (χ2n) is 4.58. The third kappa shape index (κ3) is 2.77. The van der Waals surface area contributed by atoms with E-state index in [0.717, 1.165) is 12.1 Å². The maximum absolute atomic E-state index is 10.8. The molecule has 0 saturated heterocycles. The van der Waals surface area contributed by atoms with Crippen molar-refractivity contribution in [2.24, 2.45) is 5.92 Å². The van der Waals surface area contributed by atoms with E-state index < -0.39 is 0 Å². The maximum atomic E-state index is 10.8. The Morgan fingerprint density at radius 3 is 2.82 bits per heavy atom. The van der Waals surface area contributed by atoms with Gasteiger partial charge in [0.25, 0.3) is 5.69 Å². The fourth-order valence-electron chi connectivity index (χ4n) is 2.32. The molecule has 0 amide bonds. The average Bonchev–Trinajstić information content (AvgIpc) is 2.67. The van der Waals surface area contributed by atoms with Crippen LogP contribution in [0.1, 0.15) is 26.2 Å². The van der Waals surface area contributed by atoms with Gasteiger partial charge in [-0.2, -0.15) is 0 Å². The molecule has 1 aromatic rings. The summed E-state index contributed by atoms with van der Waals surface area (Å²) in [7, 11) is 0. The van der Waals surface area contributed by atoms with E-state index in [2.05, 4.69) is 28.2 Å². The molecule has 0 bridgehead atoms. The molecule has 1 saturated carbocycles. The minimum Gasteiger partial charge on any atom is -0.382 e. The van der Waals surface area contributed by atoms with E-state index in [9.17, 15) is 10.1 Å². The van der Waals surface area contributed by atoms with Crippen LogP contribution in [0.2, 0.25) is 0 Å². The lowest BCUT2D eigenvalue weighted by Crippen LogP contribution is -2.21. The van der Waals surface area contributed by atoms with Crippen LogP contribution in [0.15, 0.2) is 22.7 Å². The number of hydrogen-bond donors (Lipinski definition) is 1. The second-order valence-corrected chi connectivity index (χ2v) is 5.44. The van der Waals surface area contributed by atoms with Crippen molar-refractivity contribution in [3.8, 4) is 0 Å². The molecule has 1 N–H and O–H groups in total. The third-order valence-electron chi connectivity index (χ3n) is 3.36. The van der Waals surface area contributed by atoms with Crippen LogP contribution in [0, 0.1) is 16.0 Å². The monoisotopic (exact) mass is 298 g/mol. The summed E-state index contributed by atoms with van der Waals surface area (Å²) in [5, 5.41) is 14.2. The molecule has 2 atom stereocenters. The van der Waals surface area contributed by atoms with E-state index in [-0.39, 0.29) is 10.6 Å². The summed E-state index contributed by atoms with van der Waals surface area (Å²) >= 11 is 3.19. The van der Waals surface area contributed by atoms with Gasteiger partial charge < -0.3 is 5.32 Å². The van der Waals surface area contributed by atoms with Crippen molar-refractivity contribution in [2.75, 3.05) is 5.32 Å². The van der Waals surface area contributed by atoms with E-state index in [0.29, 0.717) is 16.4 Å². The average molecular weight is 299 g/mol. The highest BCUT2D eigenvalue weighted by Gasteiger charge is 2.23. The topological polar surface area (TPSA) is 55.2 Å². The summed E-state index contributed by atoms with van der Waals surface area (Å²) in [5.74, 6) is 0.637. The lowest BCUT2D eigenvalue weighted by molar-refractivity contribution is -0.385. The number of nitrogens with zero attached hydrogens (tertiary/aromatic N) is 1. The van der Waals surface area contributed by atoms with Crippen molar-refractivity contribution in [3.05, 3.63) is 32.8 Å². The number of anilines is 1. The number of nitro groups is 1. The highest BCUT2D eigenvalue weighted by molar-refractivity contribution is 9.10. The number of hydrogen-bond acceptors (Lipinski definition) is 3. The van der Waals surface area contributed by atoms with Gasteiger partial charge in [-0.15, -0.1) is 0 Å². The minimum atomic E-state index is -0.368. The van der Waals surface area contributed by atoms with E-state index in [1.807, 2.05) is 6.07 Å². The lowest BCUT2D eigenvalue weighted by Gasteiger charge is -2.18. The first-order chi connectivity index (χ1) is 8.08. The van der Waals surface area contributed by atoms with Crippen molar-refractivity contribution >= 4 is 27.3 Å². The molecular formula is C12H15BrN2O2. The zero-order valence-corrected chi connectivity index (χ0v) is 11.2. The van der Waals surface area contributed by atoms with E-state index in [4.69, 9.17) is 0 Å². The van der Waals surface area contributed by atoms with Gasteiger partial charge in [-0.05, 0) is 46.8 Å². The molecule has 0 radical (unpaired) electrons. The Balaban J connectivity index is 2.16. The number of nitrogens with one attached hydrogen (secondary N) is 1. The molecule has 2 rings (SSSR count). The molecule has 1 aliphatic carbocycles. The summed E-state index contributed by atoms with van der Waals surface area (Å²) < 4.78 is 0.521. The molecular weight excluding hydrogens is 284 g/mol. The number of nitro benzene ring substituents is 1. The summed E-state index contributed by atoms with van der Waals surface area (Å²) in [6.07, 6.45) is 3.61. The van der Waals surface area contributed by atoms with E-state index in [1.165, 1.54) is 12.8 Å². The van der Waals surface area contributed by atoms with Gasteiger partial charge in [0.15, 0.2) is 0 Å². The van der Waals surface area contributed by atoms with Gasteiger partial charge >= 0.3 is 0 Å². The maximum Gasteiger partial charge on any atom is 0.285 e. The molecule has 0 spiro atoms. The van der Waals surface area contributed by atoms with Gasteiger partial charge in [0.2, 0.25) is 0 Å². The van der Waals surface area contributed by atoms with Gasteiger partial charge in [-0.25, -0.2) is 0 Å². The second kappa shape index (κ2) is 5.04. The van der Waals surface area contributed by atoms with Gasteiger partial charge in [0.1, 0.15) is 0 Å². The van der Waals surface area contributed by atoms with Crippen molar-refractivity contribution < 1.29 is 4.92 Å². The highest BCUT2D eigenvalue weighted by Crippen LogP contribution is 2.31. The Bertz CT molecular complexity index is 437. The predicted octanol–water partition coefficient (Wildman–Crippen LogP) is 3.96. The molecule has 2 unspecified atom stereocenters. The summed E-state index contributed by atoms with van der Waals surface area (Å²) in [5.41, 5.74) is 0.944. The molecule has 92 valence electrons. The summed E-state index contributed by atoms with van der Waals surface area (Å²) in [4.78, 5) is 10.5. The first-order valence-corrected chi connectivity index (χ1v) is 6.57. The van der Waals surface area contributed by atoms with Crippen LogP contribution in [0.5, 0.6) is 0 Å². The van der Waals surface area contributed by atoms with Crippen molar-refractivity contribution in [1.82, 2.24) is 0 Å².